The number of nitrogens with zero attached hydrogens (tertiary/aromatic N) is 4. The van der Waals surface area contributed by atoms with Crippen molar-refractivity contribution in [3.05, 3.63) is 17.7 Å². The SMILES string of the molecule is COc1cc(OC)c(C2C(C#N)(C#N)C2(C#N)C#N)cc1OC. The number of benzene rings is 1. The average Bonchev–Trinajstić information content (AvgIpc) is 3.22. The van der Waals surface area contributed by atoms with Gasteiger partial charge in [0.05, 0.1) is 51.5 Å². The third-order valence-corrected chi connectivity index (χ3v) is 4.16. The molecular weight excluding hydrogens is 296 g/mol. The Morgan fingerprint density at radius 2 is 1.13 bits per heavy atom. The van der Waals surface area contributed by atoms with Gasteiger partial charge in [0.2, 0.25) is 0 Å². The summed E-state index contributed by atoms with van der Waals surface area (Å²) in [7, 11) is 4.30. The molecule has 0 unspecified atom stereocenters. The van der Waals surface area contributed by atoms with Crippen LogP contribution in [0.5, 0.6) is 17.2 Å². The lowest BCUT2D eigenvalue weighted by molar-refractivity contribution is 0.347. The second-order valence-corrected chi connectivity index (χ2v) is 4.95. The van der Waals surface area contributed by atoms with E-state index in [4.69, 9.17) is 14.2 Å². The molecule has 0 radical (unpaired) electrons. The highest BCUT2D eigenvalue weighted by Crippen LogP contribution is 2.74. The van der Waals surface area contributed by atoms with Crippen LogP contribution in [0.3, 0.4) is 0 Å². The maximum absolute atomic E-state index is 9.41. The Morgan fingerprint density at radius 3 is 1.48 bits per heavy atom. The fourth-order valence-corrected chi connectivity index (χ4v) is 2.88. The van der Waals surface area contributed by atoms with Crippen LogP contribution in [0.15, 0.2) is 12.1 Å². The number of nitriles is 4. The van der Waals surface area contributed by atoms with Gasteiger partial charge in [-0.2, -0.15) is 21.0 Å². The summed E-state index contributed by atoms with van der Waals surface area (Å²) in [6, 6.07) is 10.4. The molecule has 1 fully saturated rings. The fourth-order valence-electron chi connectivity index (χ4n) is 2.88. The minimum Gasteiger partial charge on any atom is -0.496 e. The number of methoxy groups -OCH3 is 3. The topological polar surface area (TPSA) is 123 Å². The van der Waals surface area contributed by atoms with E-state index in [9.17, 15) is 21.0 Å². The van der Waals surface area contributed by atoms with Crippen molar-refractivity contribution < 1.29 is 14.2 Å². The van der Waals surface area contributed by atoms with Crippen LogP contribution in [0.25, 0.3) is 0 Å². The summed E-state index contributed by atoms with van der Waals surface area (Å²) in [6.45, 7) is 0. The fraction of sp³-hybridized carbons (Fsp3) is 0.375. The van der Waals surface area contributed by atoms with E-state index in [-0.39, 0.29) is 0 Å². The van der Waals surface area contributed by atoms with E-state index in [1.807, 2.05) is 24.3 Å². The molecule has 114 valence electrons. The van der Waals surface area contributed by atoms with Crippen LogP contribution < -0.4 is 14.2 Å². The van der Waals surface area contributed by atoms with Gasteiger partial charge in [0.15, 0.2) is 22.3 Å². The molecule has 1 aromatic carbocycles. The molecular formula is C16H12N4O3. The number of hydrogen-bond acceptors (Lipinski definition) is 7. The number of rotatable bonds is 4. The van der Waals surface area contributed by atoms with Crippen LogP contribution in [0.2, 0.25) is 0 Å². The Hall–Kier alpha value is -3.42. The summed E-state index contributed by atoms with van der Waals surface area (Å²) in [4.78, 5) is 0. The van der Waals surface area contributed by atoms with Crippen LogP contribution in [0.4, 0.5) is 0 Å². The highest BCUT2D eigenvalue weighted by atomic mass is 16.5. The van der Waals surface area contributed by atoms with Crippen molar-refractivity contribution in [1.82, 2.24) is 0 Å². The lowest BCUT2D eigenvalue weighted by Crippen LogP contribution is -2.05. The minimum atomic E-state index is -1.75. The Balaban J connectivity index is 2.73. The van der Waals surface area contributed by atoms with Crippen LogP contribution >= 0.6 is 0 Å². The van der Waals surface area contributed by atoms with Gasteiger partial charge in [0.25, 0.3) is 0 Å². The van der Waals surface area contributed by atoms with Gasteiger partial charge in [-0.05, 0) is 6.07 Å². The molecule has 1 aromatic rings. The van der Waals surface area contributed by atoms with Gasteiger partial charge < -0.3 is 14.2 Å². The third kappa shape index (κ3) is 1.78. The molecule has 0 bridgehead atoms. The zero-order valence-electron chi connectivity index (χ0n) is 12.7. The molecule has 0 aromatic heterocycles. The molecule has 0 aliphatic heterocycles. The summed E-state index contributed by atoms with van der Waals surface area (Å²) < 4.78 is 15.7. The second kappa shape index (κ2) is 5.41. The lowest BCUT2D eigenvalue weighted by atomic mass is 9.98. The first-order valence-electron chi connectivity index (χ1n) is 6.50. The largest absolute Gasteiger partial charge is 0.496 e. The molecule has 0 heterocycles. The highest BCUT2D eigenvalue weighted by Gasteiger charge is 2.82. The van der Waals surface area contributed by atoms with E-state index in [1.54, 1.807) is 0 Å². The molecule has 0 N–H and O–H groups in total. The number of ether oxygens (including phenoxy) is 3. The van der Waals surface area contributed by atoms with Gasteiger partial charge in [0, 0.05) is 11.6 Å². The first-order chi connectivity index (χ1) is 11.0. The zero-order chi connectivity index (χ0) is 17.3. The van der Waals surface area contributed by atoms with E-state index >= 15 is 0 Å². The van der Waals surface area contributed by atoms with Gasteiger partial charge in [-0.25, -0.2) is 0 Å². The highest BCUT2D eigenvalue weighted by molar-refractivity contribution is 5.64. The summed E-state index contributed by atoms with van der Waals surface area (Å²) in [5.74, 6) is 0.141. The maximum atomic E-state index is 9.41. The molecule has 0 amide bonds. The van der Waals surface area contributed by atoms with Crippen molar-refractivity contribution in [2.24, 2.45) is 10.8 Å². The summed E-state index contributed by atoms with van der Waals surface area (Å²) in [5.41, 5.74) is -3.11. The van der Waals surface area contributed by atoms with Gasteiger partial charge in [-0.3, -0.25) is 0 Å². The zero-order valence-corrected chi connectivity index (χ0v) is 12.7. The first-order valence-corrected chi connectivity index (χ1v) is 6.50. The Bertz CT molecular complexity index is 754. The minimum absolute atomic E-state index is 0.315. The van der Waals surface area contributed by atoms with E-state index in [0.29, 0.717) is 22.8 Å². The molecule has 0 saturated heterocycles. The van der Waals surface area contributed by atoms with Crippen LogP contribution in [-0.4, -0.2) is 21.3 Å². The molecule has 1 saturated carbocycles. The Kier molecular flexibility index (Phi) is 3.75. The normalized spacial score (nSPS) is 16.8. The van der Waals surface area contributed by atoms with Gasteiger partial charge in [-0.1, -0.05) is 0 Å². The van der Waals surface area contributed by atoms with E-state index < -0.39 is 16.7 Å². The molecule has 0 atom stereocenters. The maximum Gasteiger partial charge on any atom is 0.185 e. The van der Waals surface area contributed by atoms with Gasteiger partial charge >= 0.3 is 0 Å². The molecule has 7 heteroatoms. The third-order valence-electron chi connectivity index (χ3n) is 4.16. The van der Waals surface area contributed by atoms with Crippen molar-refractivity contribution in [1.29, 1.82) is 21.0 Å². The molecule has 0 spiro atoms. The summed E-state index contributed by atoms with van der Waals surface area (Å²) in [6.07, 6.45) is 0. The van der Waals surface area contributed by atoms with Crippen molar-refractivity contribution in [2.75, 3.05) is 21.3 Å². The van der Waals surface area contributed by atoms with E-state index in [2.05, 4.69) is 0 Å². The van der Waals surface area contributed by atoms with Crippen LogP contribution in [0, 0.1) is 56.2 Å². The van der Waals surface area contributed by atoms with Gasteiger partial charge in [0.1, 0.15) is 5.75 Å². The average molecular weight is 308 g/mol. The van der Waals surface area contributed by atoms with Crippen molar-refractivity contribution >= 4 is 0 Å². The van der Waals surface area contributed by atoms with Crippen molar-refractivity contribution in [3.8, 4) is 41.5 Å². The molecule has 7 nitrogen and oxygen atoms in total. The first kappa shape index (κ1) is 16.0. The van der Waals surface area contributed by atoms with Gasteiger partial charge in [-0.15, -0.1) is 0 Å². The second-order valence-electron chi connectivity index (χ2n) is 4.95. The Morgan fingerprint density at radius 1 is 0.739 bits per heavy atom. The predicted molar refractivity (Wildman–Crippen MR) is 76.2 cm³/mol. The van der Waals surface area contributed by atoms with E-state index in [0.717, 1.165) is 0 Å². The summed E-state index contributed by atoms with van der Waals surface area (Å²) in [5, 5.41) is 37.6. The number of hydrogen-bond donors (Lipinski definition) is 0. The predicted octanol–water partition coefficient (Wildman–Crippen LogP) is 1.88. The van der Waals surface area contributed by atoms with E-state index in [1.165, 1.54) is 33.5 Å². The van der Waals surface area contributed by atoms with Crippen LogP contribution in [0.1, 0.15) is 11.5 Å². The molecule has 2 rings (SSSR count). The summed E-state index contributed by atoms with van der Waals surface area (Å²) >= 11 is 0. The van der Waals surface area contributed by atoms with Crippen LogP contribution in [-0.2, 0) is 0 Å². The lowest BCUT2D eigenvalue weighted by Gasteiger charge is -2.14. The molecule has 23 heavy (non-hydrogen) atoms. The van der Waals surface area contributed by atoms with Crippen molar-refractivity contribution in [3.63, 3.8) is 0 Å². The standard InChI is InChI=1S/C16H12N4O3/c1-21-11-5-13(23-3)12(22-2)4-10(11)14-15(6-17,7-18)16(14,8-19)9-20/h4-5,14H,1-3H3. The molecule has 1 aliphatic carbocycles. The van der Waals surface area contributed by atoms with Crippen molar-refractivity contribution in [2.45, 2.75) is 5.92 Å². The smallest absolute Gasteiger partial charge is 0.185 e. The monoisotopic (exact) mass is 308 g/mol. The quantitative estimate of drug-likeness (QED) is 0.831. The Labute approximate surface area is 133 Å². The molecule has 1 aliphatic rings.